The fourth-order valence-electron chi connectivity index (χ4n) is 2.71. The predicted molar refractivity (Wildman–Crippen MR) is 108 cm³/mol. The molecule has 0 radical (unpaired) electrons. The second-order valence-electron chi connectivity index (χ2n) is 6.25. The Bertz CT molecular complexity index is 990. The van der Waals surface area contributed by atoms with Crippen LogP contribution >= 0.6 is 0 Å². The number of esters is 1. The minimum atomic E-state index is -0.393. The number of methoxy groups -OCH3 is 1. The number of aryl methyl sites for hydroxylation is 1. The van der Waals surface area contributed by atoms with Gasteiger partial charge < -0.3 is 10.1 Å². The van der Waals surface area contributed by atoms with E-state index >= 15 is 0 Å². The molecule has 0 unspecified atom stereocenters. The quantitative estimate of drug-likeness (QED) is 0.527. The number of hydrogen-bond acceptors (Lipinski definition) is 4. The first kappa shape index (κ1) is 19.1. The standard InChI is InChI=1S/C22H21N3O3/c1-16-14-20(25(24-16)15-18-6-4-3-5-7-18)23-21(26)13-10-17-8-11-19(12-9-17)22(27)28-2/h3-14H,15H2,1-2H3,(H,23,26)/b13-10+. The highest BCUT2D eigenvalue weighted by molar-refractivity contribution is 6.01. The topological polar surface area (TPSA) is 73.2 Å². The summed E-state index contributed by atoms with van der Waals surface area (Å²) in [6.45, 7) is 2.46. The number of carbonyl (C=O) groups is 2. The van der Waals surface area contributed by atoms with Crippen molar-refractivity contribution in [3.63, 3.8) is 0 Å². The monoisotopic (exact) mass is 375 g/mol. The maximum atomic E-state index is 12.3. The number of benzene rings is 2. The first-order valence-electron chi connectivity index (χ1n) is 8.81. The summed E-state index contributed by atoms with van der Waals surface area (Å²) < 4.78 is 6.43. The molecule has 3 aromatic rings. The van der Waals surface area contributed by atoms with Crippen LogP contribution in [0.2, 0.25) is 0 Å². The van der Waals surface area contributed by atoms with Gasteiger partial charge in [0.05, 0.1) is 24.9 Å². The van der Waals surface area contributed by atoms with Crippen LogP contribution < -0.4 is 5.32 Å². The van der Waals surface area contributed by atoms with Crippen molar-refractivity contribution in [2.24, 2.45) is 0 Å². The number of carbonyl (C=O) groups excluding carboxylic acids is 2. The summed E-state index contributed by atoms with van der Waals surface area (Å²) in [5.74, 6) is -0.0152. The van der Waals surface area contributed by atoms with Crippen LogP contribution in [0.3, 0.4) is 0 Å². The van der Waals surface area contributed by atoms with Crippen molar-refractivity contribution in [1.29, 1.82) is 0 Å². The molecule has 0 aliphatic rings. The number of nitrogens with one attached hydrogen (secondary N) is 1. The number of anilines is 1. The third-order valence-corrected chi connectivity index (χ3v) is 4.09. The molecule has 0 spiro atoms. The van der Waals surface area contributed by atoms with E-state index in [1.54, 1.807) is 35.0 Å². The summed E-state index contributed by atoms with van der Waals surface area (Å²) in [6, 6.07) is 18.6. The third kappa shape index (κ3) is 4.94. The lowest BCUT2D eigenvalue weighted by molar-refractivity contribution is -0.111. The fourth-order valence-corrected chi connectivity index (χ4v) is 2.71. The molecule has 0 saturated heterocycles. The molecule has 6 heteroatoms. The minimum Gasteiger partial charge on any atom is -0.465 e. The Morgan fingerprint density at radius 1 is 1.11 bits per heavy atom. The van der Waals surface area contributed by atoms with Gasteiger partial charge in [-0.05, 0) is 36.3 Å². The van der Waals surface area contributed by atoms with Crippen molar-refractivity contribution in [3.8, 4) is 0 Å². The average molecular weight is 375 g/mol. The molecule has 0 saturated carbocycles. The number of amides is 1. The summed E-state index contributed by atoms with van der Waals surface area (Å²) in [7, 11) is 1.34. The number of nitrogens with zero attached hydrogens (tertiary/aromatic N) is 2. The minimum absolute atomic E-state index is 0.258. The van der Waals surface area contributed by atoms with Crippen molar-refractivity contribution in [2.75, 3.05) is 12.4 Å². The van der Waals surface area contributed by atoms with E-state index in [0.717, 1.165) is 16.8 Å². The summed E-state index contributed by atoms with van der Waals surface area (Å²) in [5.41, 5.74) is 3.19. The second kappa shape index (κ2) is 8.81. The molecule has 28 heavy (non-hydrogen) atoms. The van der Waals surface area contributed by atoms with Gasteiger partial charge in [0.2, 0.25) is 5.91 Å². The smallest absolute Gasteiger partial charge is 0.337 e. The normalized spacial score (nSPS) is 10.8. The zero-order valence-electron chi connectivity index (χ0n) is 15.8. The van der Waals surface area contributed by atoms with E-state index in [2.05, 4.69) is 15.2 Å². The molecular weight excluding hydrogens is 354 g/mol. The van der Waals surface area contributed by atoms with Crippen LogP contribution in [0.15, 0.2) is 66.7 Å². The van der Waals surface area contributed by atoms with Gasteiger partial charge in [0.1, 0.15) is 5.82 Å². The van der Waals surface area contributed by atoms with Gasteiger partial charge in [-0.25, -0.2) is 9.48 Å². The van der Waals surface area contributed by atoms with E-state index in [1.165, 1.54) is 13.2 Å². The Labute approximate surface area is 163 Å². The fraction of sp³-hybridized carbons (Fsp3) is 0.136. The highest BCUT2D eigenvalue weighted by atomic mass is 16.5. The van der Waals surface area contributed by atoms with Crippen LogP contribution in [0.5, 0.6) is 0 Å². The van der Waals surface area contributed by atoms with Gasteiger partial charge in [0, 0.05) is 12.1 Å². The predicted octanol–water partition coefficient (Wildman–Crippen LogP) is 3.68. The van der Waals surface area contributed by atoms with Gasteiger partial charge in [-0.15, -0.1) is 0 Å². The van der Waals surface area contributed by atoms with E-state index in [-0.39, 0.29) is 5.91 Å². The maximum absolute atomic E-state index is 12.3. The van der Waals surface area contributed by atoms with Gasteiger partial charge >= 0.3 is 5.97 Å². The van der Waals surface area contributed by atoms with E-state index < -0.39 is 5.97 Å². The molecule has 1 heterocycles. The summed E-state index contributed by atoms with van der Waals surface area (Å²) in [4.78, 5) is 23.8. The first-order valence-corrected chi connectivity index (χ1v) is 8.81. The number of ether oxygens (including phenoxy) is 1. The van der Waals surface area contributed by atoms with Gasteiger partial charge in [-0.2, -0.15) is 5.10 Å². The van der Waals surface area contributed by atoms with Gasteiger partial charge in [-0.1, -0.05) is 42.5 Å². The molecule has 0 atom stereocenters. The Morgan fingerprint density at radius 3 is 2.50 bits per heavy atom. The molecule has 2 aromatic carbocycles. The Kier molecular flexibility index (Phi) is 6.01. The first-order chi connectivity index (χ1) is 13.5. The molecule has 0 fully saturated rings. The second-order valence-corrected chi connectivity index (χ2v) is 6.25. The molecule has 1 amide bonds. The number of rotatable bonds is 6. The van der Waals surface area contributed by atoms with Crippen LogP contribution in [0.4, 0.5) is 5.82 Å². The summed E-state index contributed by atoms with van der Waals surface area (Å²) >= 11 is 0. The van der Waals surface area contributed by atoms with E-state index in [0.29, 0.717) is 17.9 Å². The molecule has 1 N–H and O–H groups in total. The maximum Gasteiger partial charge on any atom is 0.337 e. The van der Waals surface area contributed by atoms with Crippen LogP contribution in [-0.4, -0.2) is 28.8 Å². The van der Waals surface area contributed by atoms with Crippen LogP contribution in [-0.2, 0) is 16.1 Å². The third-order valence-electron chi connectivity index (χ3n) is 4.09. The SMILES string of the molecule is COC(=O)c1ccc(/C=C/C(=O)Nc2cc(C)nn2Cc2ccccc2)cc1. The van der Waals surface area contributed by atoms with Crippen molar-refractivity contribution >= 4 is 23.8 Å². The molecule has 142 valence electrons. The van der Waals surface area contributed by atoms with Crippen molar-refractivity contribution in [3.05, 3.63) is 89.1 Å². The van der Waals surface area contributed by atoms with E-state index in [4.69, 9.17) is 0 Å². The van der Waals surface area contributed by atoms with Crippen LogP contribution in [0.25, 0.3) is 6.08 Å². The molecule has 6 nitrogen and oxygen atoms in total. The summed E-state index contributed by atoms with van der Waals surface area (Å²) in [5, 5.41) is 7.31. The zero-order valence-corrected chi connectivity index (χ0v) is 15.8. The Hall–Kier alpha value is -3.67. The molecule has 0 bridgehead atoms. The highest BCUT2D eigenvalue weighted by Crippen LogP contribution is 2.14. The van der Waals surface area contributed by atoms with Crippen molar-refractivity contribution in [2.45, 2.75) is 13.5 Å². The number of hydrogen-bond donors (Lipinski definition) is 1. The van der Waals surface area contributed by atoms with E-state index in [9.17, 15) is 9.59 Å². The van der Waals surface area contributed by atoms with Gasteiger partial charge in [0.15, 0.2) is 0 Å². The van der Waals surface area contributed by atoms with Gasteiger partial charge in [0.25, 0.3) is 0 Å². The highest BCUT2D eigenvalue weighted by Gasteiger charge is 2.08. The number of aromatic nitrogens is 2. The summed E-state index contributed by atoms with van der Waals surface area (Å²) in [6.07, 6.45) is 3.13. The van der Waals surface area contributed by atoms with Crippen molar-refractivity contribution in [1.82, 2.24) is 9.78 Å². The molecule has 0 aliphatic heterocycles. The zero-order chi connectivity index (χ0) is 19.9. The molecule has 1 aromatic heterocycles. The molecule has 0 aliphatic carbocycles. The lowest BCUT2D eigenvalue weighted by atomic mass is 10.1. The van der Waals surface area contributed by atoms with E-state index in [1.807, 2.05) is 43.3 Å². The molecule has 3 rings (SSSR count). The van der Waals surface area contributed by atoms with Gasteiger partial charge in [-0.3, -0.25) is 4.79 Å². The van der Waals surface area contributed by atoms with Crippen LogP contribution in [0, 0.1) is 6.92 Å². The average Bonchev–Trinajstić information content (AvgIpc) is 3.05. The Balaban J connectivity index is 1.66. The lowest BCUT2D eigenvalue weighted by Crippen LogP contribution is -2.13. The largest absolute Gasteiger partial charge is 0.465 e. The molecular formula is C22H21N3O3. The van der Waals surface area contributed by atoms with Crippen molar-refractivity contribution < 1.29 is 14.3 Å². The lowest BCUT2D eigenvalue weighted by Gasteiger charge is -2.07. The van der Waals surface area contributed by atoms with Crippen LogP contribution in [0.1, 0.15) is 27.2 Å². The Morgan fingerprint density at radius 2 is 1.82 bits per heavy atom.